The second-order valence-electron chi connectivity index (χ2n) is 5.08. The molecule has 2 N–H and O–H groups in total. The van der Waals surface area contributed by atoms with Gasteiger partial charge in [-0.15, -0.1) is 0 Å². The van der Waals surface area contributed by atoms with E-state index in [4.69, 9.17) is 5.11 Å². The molecule has 0 saturated carbocycles. The van der Waals surface area contributed by atoms with Gasteiger partial charge in [-0.25, -0.2) is 4.79 Å². The van der Waals surface area contributed by atoms with Crippen LogP contribution < -0.4 is 5.32 Å². The lowest BCUT2D eigenvalue weighted by atomic mass is 10.1. The first-order valence-electron chi connectivity index (χ1n) is 7.38. The number of alkyl halides is 3. The molecule has 0 saturated heterocycles. The Kier molecular flexibility index (Phi) is 6.11. The van der Waals surface area contributed by atoms with Crippen LogP contribution in [-0.4, -0.2) is 46.0 Å². The molecule has 1 amide bonds. The number of carbonyl (C=O) groups excluding carboxylic acids is 1. The van der Waals surface area contributed by atoms with E-state index in [0.717, 1.165) is 0 Å². The maximum atomic E-state index is 12.4. The van der Waals surface area contributed by atoms with Gasteiger partial charge in [-0.3, -0.25) is 4.79 Å². The molecule has 0 radical (unpaired) electrons. The predicted octanol–water partition coefficient (Wildman–Crippen LogP) is 1.96. The van der Waals surface area contributed by atoms with Gasteiger partial charge in [0.05, 0.1) is 12.8 Å². The van der Waals surface area contributed by atoms with E-state index in [9.17, 15) is 22.8 Å². The number of aliphatic carboxylic acids is 1. The number of carbonyl (C=O) groups is 2. The molecule has 2 aromatic rings. The molecule has 1 atom stereocenters. The monoisotopic (exact) mass is 386 g/mol. The Morgan fingerprint density at radius 1 is 1.37 bits per heavy atom. The molecule has 0 bridgehead atoms. The minimum absolute atomic E-state index is 0.0211. The van der Waals surface area contributed by atoms with Crippen LogP contribution in [0.4, 0.5) is 13.2 Å². The average Bonchev–Trinajstić information content (AvgIpc) is 3.11. The number of hydrogen-bond acceptors (Lipinski definition) is 7. The SMILES string of the molecule is C[C@H](ON=CCNC(=O)c1ccc(-c2noc(C(F)(F)F)n2)cc1)C(=O)O. The minimum Gasteiger partial charge on any atom is -0.478 e. The molecule has 0 aliphatic rings. The first kappa shape index (κ1) is 19.9. The van der Waals surface area contributed by atoms with Crippen molar-refractivity contribution in [1.29, 1.82) is 0 Å². The summed E-state index contributed by atoms with van der Waals surface area (Å²) in [5, 5.41) is 17.7. The Balaban J connectivity index is 1.91. The number of halogens is 3. The van der Waals surface area contributed by atoms with E-state index in [0.29, 0.717) is 0 Å². The number of aromatic nitrogens is 2. The Morgan fingerprint density at radius 2 is 2.04 bits per heavy atom. The molecule has 0 fully saturated rings. The maximum absolute atomic E-state index is 12.4. The number of nitrogens with zero attached hydrogens (tertiary/aromatic N) is 3. The summed E-state index contributed by atoms with van der Waals surface area (Å²) in [7, 11) is 0. The molecule has 12 heteroatoms. The lowest BCUT2D eigenvalue weighted by Gasteiger charge is -2.04. The molecule has 0 spiro atoms. The summed E-state index contributed by atoms with van der Waals surface area (Å²) >= 11 is 0. The fourth-order valence-electron chi connectivity index (χ4n) is 1.68. The number of benzene rings is 1. The number of carboxylic acid groups (broad SMARTS) is 1. The third kappa shape index (κ3) is 5.52. The van der Waals surface area contributed by atoms with Crippen molar-refractivity contribution in [1.82, 2.24) is 15.5 Å². The van der Waals surface area contributed by atoms with E-state index in [2.05, 4.69) is 30.0 Å². The van der Waals surface area contributed by atoms with Crippen LogP contribution in [0.3, 0.4) is 0 Å². The van der Waals surface area contributed by atoms with Gasteiger partial charge in [-0.1, -0.05) is 22.4 Å². The van der Waals surface area contributed by atoms with Crippen LogP contribution in [0.2, 0.25) is 0 Å². The molecule has 9 nitrogen and oxygen atoms in total. The second kappa shape index (κ2) is 8.29. The van der Waals surface area contributed by atoms with Crippen LogP contribution in [0, 0.1) is 0 Å². The fraction of sp³-hybridized carbons (Fsp3) is 0.267. The first-order valence-corrected chi connectivity index (χ1v) is 7.38. The van der Waals surface area contributed by atoms with Crippen molar-refractivity contribution >= 4 is 18.1 Å². The highest BCUT2D eigenvalue weighted by Crippen LogP contribution is 2.29. The van der Waals surface area contributed by atoms with E-state index in [1.807, 2.05) is 0 Å². The smallest absolute Gasteiger partial charge is 0.471 e. The van der Waals surface area contributed by atoms with E-state index in [-0.39, 0.29) is 23.5 Å². The molecule has 0 aliphatic heterocycles. The topological polar surface area (TPSA) is 127 Å². The fourth-order valence-corrected chi connectivity index (χ4v) is 1.68. The van der Waals surface area contributed by atoms with Crippen LogP contribution in [0.5, 0.6) is 0 Å². The first-order chi connectivity index (χ1) is 12.7. The molecule has 0 unspecified atom stereocenters. The predicted molar refractivity (Wildman–Crippen MR) is 83.7 cm³/mol. The number of nitrogens with one attached hydrogen (secondary N) is 1. The third-order valence-electron chi connectivity index (χ3n) is 3.07. The van der Waals surface area contributed by atoms with Crippen molar-refractivity contribution in [2.24, 2.45) is 5.16 Å². The normalized spacial score (nSPS) is 12.7. The highest BCUT2D eigenvalue weighted by Gasteiger charge is 2.38. The molecule has 1 aromatic carbocycles. The molecule has 0 aliphatic carbocycles. The zero-order chi connectivity index (χ0) is 20.0. The van der Waals surface area contributed by atoms with Gasteiger partial charge >= 0.3 is 18.0 Å². The van der Waals surface area contributed by atoms with E-state index in [1.54, 1.807) is 0 Å². The van der Waals surface area contributed by atoms with Gasteiger partial charge in [-0.2, -0.15) is 18.2 Å². The Bertz CT molecular complexity index is 833. The van der Waals surface area contributed by atoms with Crippen molar-refractivity contribution in [3.63, 3.8) is 0 Å². The average molecular weight is 386 g/mol. The van der Waals surface area contributed by atoms with Crippen molar-refractivity contribution in [2.45, 2.75) is 19.2 Å². The summed E-state index contributed by atoms with van der Waals surface area (Å²) in [5.74, 6) is -3.38. The molecule has 1 aromatic heterocycles. The maximum Gasteiger partial charge on any atom is 0.471 e. The molecule has 144 valence electrons. The standard InChI is InChI=1S/C15H13F3N4O5/c1-8(13(24)25)26-20-7-6-19-12(23)10-4-2-9(3-5-10)11-21-14(27-22-11)15(16,17)18/h2-5,7-8H,6H2,1H3,(H,19,23)(H,24,25)/t8-/m0/s1. The largest absolute Gasteiger partial charge is 0.478 e. The van der Waals surface area contributed by atoms with Crippen LogP contribution >= 0.6 is 0 Å². The van der Waals surface area contributed by atoms with Gasteiger partial charge in [-0.05, 0) is 19.1 Å². The second-order valence-corrected chi connectivity index (χ2v) is 5.08. The highest BCUT2D eigenvalue weighted by atomic mass is 19.4. The number of hydrogen-bond donors (Lipinski definition) is 2. The van der Waals surface area contributed by atoms with Crippen molar-refractivity contribution in [3.8, 4) is 11.4 Å². The van der Waals surface area contributed by atoms with Gasteiger partial charge in [0.15, 0.2) is 0 Å². The van der Waals surface area contributed by atoms with Gasteiger partial charge in [0.2, 0.25) is 11.9 Å². The van der Waals surface area contributed by atoms with Crippen LogP contribution in [0.25, 0.3) is 11.4 Å². The highest BCUT2D eigenvalue weighted by molar-refractivity contribution is 5.95. The van der Waals surface area contributed by atoms with Gasteiger partial charge in [0.25, 0.3) is 5.91 Å². The van der Waals surface area contributed by atoms with Crippen molar-refractivity contribution < 1.29 is 37.2 Å². The minimum atomic E-state index is -4.74. The van der Waals surface area contributed by atoms with Crippen LogP contribution in [-0.2, 0) is 15.8 Å². The number of oxime groups is 1. The van der Waals surface area contributed by atoms with Crippen molar-refractivity contribution in [3.05, 3.63) is 35.7 Å². The number of amides is 1. The number of carboxylic acids is 1. The lowest BCUT2D eigenvalue weighted by molar-refractivity contribution is -0.159. The Hall–Kier alpha value is -3.44. The van der Waals surface area contributed by atoms with E-state index >= 15 is 0 Å². The number of rotatable bonds is 7. The zero-order valence-corrected chi connectivity index (χ0v) is 13.7. The van der Waals surface area contributed by atoms with E-state index < -0.39 is 30.0 Å². The summed E-state index contributed by atoms with van der Waals surface area (Å²) in [5.41, 5.74) is 0.468. The molecule has 2 rings (SSSR count). The molecule has 1 heterocycles. The molecule has 27 heavy (non-hydrogen) atoms. The molecular weight excluding hydrogens is 373 g/mol. The summed E-state index contributed by atoms with van der Waals surface area (Å²) in [6, 6.07) is 5.47. The third-order valence-corrected chi connectivity index (χ3v) is 3.07. The Morgan fingerprint density at radius 3 is 2.59 bits per heavy atom. The van der Waals surface area contributed by atoms with E-state index in [1.165, 1.54) is 37.4 Å². The summed E-state index contributed by atoms with van der Waals surface area (Å²) in [6.45, 7) is 1.27. The lowest BCUT2D eigenvalue weighted by Crippen LogP contribution is -2.25. The van der Waals surface area contributed by atoms with Gasteiger partial charge in [0.1, 0.15) is 0 Å². The van der Waals surface area contributed by atoms with Crippen LogP contribution in [0.15, 0.2) is 33.9 Å². The zero-order valence-electron chi connectivity index (χ0n) is 13.7. The van der Waals surface area contributed by atoms with Crippen LogP contribution in [0.1, 0.15) is 23.2 Å². The van der Waals surface area contributed by atoms with Gasteiger partial charge in [0, 0.05) is 11.1 Å². The Labute approximate surface area is 149 Å². The summed E-state index contributed by atoms with van der Waals surface area (Å²) in [4.78, 5) is 30.3. The molecular formula is C15H13F3N4O5. The summed E-state index contributed by atoms with van der Waals surface area (Å²) in [6.07, 6.45) is -4.69. The van der Waals surface area contributed by atoms with Gasteiger partial charge < -0.3 is 19.8 Å². The summed E-state index contributed by atoms with van der Waals surface area (Å²) < 4.78 is 41.5. The van der Waals surface area contributed by atoms with Crippen molar-refractivity contribution in [2.75, 3.05) is 6.54 Å². The quantitative estimate of drug-likeness (QED) is 0.550.